The Hall–Kier alpha value is -1.23. The Kier molecular flexibility index (Phi) is 4.46. The van der Waals surface area contributed by atoms with Crippen molar-refractivity contribution in [3.63, 3.8) is 0 Å². The molecule has 2 heterocycles. The summed E-state index contributed by atoms with van der Waals surface area (Å²) in [7, 11) is 0. The number of hydrogen-bond acceptors (Lipinski definition) is 3. The number of benzene rings is 1. The van der Waals surface area contributed by atoms with Gasteiger partial charge in [-0.3, -0.25) is 4.79 Å². The quantitative estimate of drug-likeness (QED) is 0.723. The zero-order valence-corrected chi connectivity index (χ0v) is 15.8. The predicted octanol–water partition coefficient (Wildman–Crippen LogP) is 5.75. The summed E-state index contributed by atoms with van der Waals surface area (Å²) in [4.78, 5) is 16.1. The van der Waals surface area contributed by atoms with Crippen molar-refractivity contribution < 1.29 is 4.79 Å². The van der Waals surface area contributed by atoms with Gasteiger partial charge in [-0.1, -0.05) is 30.7 Å². The number of anilines is 1. The smallest absolute Gasteiger partial charge is 0.262 e. The molecule has 0 bridgehead atoms. The molecule has 1 aliphatic carbocycles. The zero-order valence-electron chi connectivity index (χ0n) is 13.4. The molecule has 24 heavy (non-hydrogen) atoms. The van der Waals surface area contributed by atoms with Crippen LogP contribution in [0.2, 0.25) is 5.02 Å². The molecule has 2 aromatic rings. The number of para-hydroxylation sites is 1. The highest BCUT2D eigenvalue weighted by molar-refractivity contribution is 8.03. The number of thiophene rings is 1. The number of carbonyl (C=O) groups is 1. The van der Waals surface area contributed by atoms with Crippen LogP contribution in [0.3, 0.4) is 0 Å². The van der Waals surface area contributed by atoms with Gasteiger partial charge in [0, 0.05) is 15.5 Å². The van der Waals surface area contributed by atoms with E-state index in [0.717, 1.165) is 16.6 Å². The van der Waals surface area contributed by atoms with E-state index in [-0.39, 0.29) is 5.91 Å². The number of halogens is 1. The molecule has 124 valence electrons. The lowest BCUT2D eigenvalue weighted by Gasteiger charge is -2.20. The van der Waals surface area contributed by atoms with Gasteiger partial charge in [0.2, 0.25) is 0 Å². The van der Waals surface area contributed by atoms with Crippen LogP contribution in [-0.4, -0.2) is 5.91 Å². The number of thioether (sulfide) groups is 1. The fraction of sp³-hybridized carbons (Fsp3) is 0.316. The summed E-state index contributed by atoms with van der Waals surface area (Å²) in [5, 5.41) is 3.49. The largest absolute Gasteiger partial charge is 0.320 e. The van der Waals surface area contributed by atoms with Gasteiger partial charge in [0.15, 0.2) is 0 Å². The molecule has 1 aliphatic heterocycles. The topological polar surface area (TPSA) is 29.1 Å². The normalized spacial score (nSPS) is 19.2. The molecule has 1 atom stereocenters. The molecule has 0 saturated carbocycles. The van der Waals surface area contributed by atoms with E-state index >= 15 is 0 Å². The van der Waals surface area contributed by atoms with Gasteiger partial charge >= 0.3 is 0 Å². The average molecular weight is 376 g/mol. The maximum absolute atomic E-state index is 12.6. The molecule has 2 nitrogen and oxygen atoms in total. The summed E-state index contributed by atoms with van der Waals surface area (Å²) >= 11 is 9.64. The summed E-state index contributed by atoms with van der Waals surface area (Å²) in [6.45, 7) is 2.33. The summed E-state index contributed by atoms with van der Waals surface area (Å²) < 4.78 is 0. The van der Waals surface area contributed by atoms with Crippen molar-refractivity contribution in [3.05, 3.63) is 55.1 Å². The molecular weight excluding hydrogens is 358 g/mol. The molecule has 0 radical (unpaired) electrons. The van der Waals surface area contributed by atoms with E-state index in [1.165, 1.54) is 34.6 Å². The minimum atomic E-state index is -0.0708. The van der Waals surface area contributed by atoms with Gasteiger partial charge < -0.3 is 5.32 Å². The van der Waals surface area contributed by atoms with Crippen molar-refractivity contribution in [2.24, 2.45) is 5.92 Å². The van der Waals surface area contributed by atoms with E-state index in [4.69, 9.17) is 11.6 Å². The molecular formula is C19H18ClNOS2. The number of nitrogens with one attached hydrogen (secondary N) is 1. The van der Waals surface area contributed by atoms with Crippen molar-refractivity contribution in [3.8, 4) is 0 Å². The Morgan fingerprint density at radius 2 is 2.12 bits per heavy atom. The van der Waals surface area contributed by atoms with Gasteiger partial charge in [-0.15, -0.1) is 23.1 Å². The molecule has 1 amide bonds. The Morgan fingerprint density at radius 1 is 1.29 bits per heavy atom. The van der Waals surface area contributed by atoms with Crippen LogP contribution in [0.25, 0.3) is 6.08 Å². The first-order valence-corrected chi connectivity index (χ1v) is 10.3. The molecule has 2 aliphatic rings. The Bertz CT molecular complexity index is 840. The Labute approximate surface area is 155 Å². The molecule has 0 saturated heterocycles. The van der Waals surface area contributed by atoms with Gasteiger partial charge in [-0.25, -0.2) is 0 Å². The lowest BCUT2D eigenvalue weighted by atomic mass is 9.88. The number of amides is 1. The number of carbonyl (C=O) groups excluding carboxylic acids is 1. The third-order valence-corrected chi connectivity index (χ3v) is 7.25. The van der Waals surface area contributed by atoms with E-state index in [0.29, 0.717) is 10.7 Å². The fourth-order valence-electron chi connectivity index (χ4n) is 3.30. The number of rotatable bonds is 2. The molecule has 0 spiro atoms. The highest BCUT2D eigenvalue weighted by Gasteiger charge is 2.27. The minimum Gasteiger partial charge on any atom is -0.320 e. The third kappa shape index (κ3) is 3.03. The Morgan fingerprint density at radius 3 is 2.96 bits per heavy atom. The highest BCUT2D eigenvalue weighted by Crippen LogP contribution is 2.43. The fourth-order valence-corrected chi connectivity index (χ4v) is 6.14. The highest BCUT2D eigenvalue weighted by atomic mass is 35.5. The van der Waals surface area contributed by atoms with Crippen LogP contribution in [-0.2, 0) is 23.4 Å². The van der Waals surface area contributed by atoms with Crippen LogP contribution in [0.1, 0.15) is 34.2 Å². The lowest BCUT2D eigenvalue weighted by Crippen LogP contribution is -2.15. The monoisotopic (exact) mass is 375 g/mol. The van der Waals surface area contributed by atoms with Gasteiger partial charge in [0.1, 0.15) is 0 Å². The molecule has 0 fully saturated rings. The van der Waals surface area contributed by atoms with E-state index < -0.39 is 0 Å². The molecule has 1 aromatic carbocycles. The second-order valence-electron chi connectivity index (χ2n) is 6.43. The van der Waals surface area contributed by atoms with Crippen LogP contribution >= 0.6 is 34.7 Å². The molecule has 1 aromatic heterocycles. The lowest BCUT2D eigenvalue weighted by molar-refractivity contribution is -0.112. The van der Waals surface area contributed by atoms with E-state index in [9.17, 15) is 4.79 Å². The summed E-state index contributed by atoms with van der Waals surface area (Å²) in [5.74, 6) is 1.60. The van der Waals surface area contributed by atoms with Crippen LogP contribution < -0.4 is 5.32 Å². The van der Waals surface area contributed by atoms with Crippen molar-refractivity contribution in [2.75, 3.05) is 5.32 Å². The van der Waals surface area contributed by atoms with Gasteiger partial charge in [0.05, 0.1) is 15.6 Å². The molecule has 5 heteroatoms. The second-order valence-corrected chi connectivity index (χ2v) is 8.99. The van der Waals surface area contributed by atoms with E-state index in [1.807, 2.05) is 29.5 Å². The molecule has 4 rings (SSSR count). The van der Waals surface area contributed by atoms with Crippen molar-refractivity contribution in [1.82, 2.24) is 0 Å². The maximum Gasteiger partial charge on any atom is 0.262 e. The van der Waals surface area contributed by atoms with E-state index in [1.54, 1.807) is 23.4 Å². The first-order valence-electron chi connectivity index (χ1n) is 8.15. The number of fused-ring (bicyclic) bond motifs is 3. The van der Waals surface area contributed by atoms with Gasteiger partial charge in [-0.05, 0) is 54.5 Å². The molecule has 1 unspecified atom stereocenters. The SMILES string of the molecule is CC1CCc2c(sc3c2CSC(C(=O)Nc2ccccc2Cl)=C3)C1. The number of hydrogen-bond donors (Lipinski definition) is 1. The van der Waals surface area contributed by atoms with Crippen LogP contribution in [0, 0.1) is 5.92 Å². The summed E-state index contributed by atoms with van der Waals surface area (Å²) in [6.07, 6.45) is 5.72. The molecule has 1 N–H and O–H groups in total. The van der Waals surface area contributed by atoms with Crippen LogP contribution in [0.15, 0.2) is 29.2 Å². The summed E-state index contributed by atoms with van der Waals surface area (Å²) in [5.41, 5.74) is 3.68. The Balaban J connectivity index is 1.59. The van der Waals surface area contributed by atoms with E-state index in [2.05, 4.69) is 18.3 Å². The predicted molar refractivity (Wildman–Crippen MR) is 105 cm³/mol. The van der Waals surface area contributed by atoms with Crippen molar-refractivity contribution in [2.45, 2.75) is 31.9 Å². The van der Waals surface area contributed by atoms with Crippen LogP contribution in [0.5, 0.6) is 0 Å². The van der Waals surface area contributed by atoms with Gasteiger partial charge in [0.25, 0.3) is 5.91 Å². The van der Waals surface area contributed by atoms with Crippen molar-refractivity contribution in [1.29, 1.82) is 0 Å². The first kappa shape index (κ1) is 16.2. The minimum absolute atomic E-state index is 0.0708. The average Bonchev–Trinajstić information content (AvgIpc) is 2.93. The maximum atomic E-state index is 12.6. The van der Waals surface area contributed by atoms with Crippen molar-refractivity contribution >= 4 is 52.4 Å². The first-order chi connectivity index (χ1) is 11.6. The standard InChI is InChI=1S/C19H18ClNOS2/c1-11-6-7-12-13-10-23-18(9-17(13)24-16(12)8-11)19(22)21-15-5-3-2-4-14(15)20/h2-5,9,11H,6-8,10H2,1H3,(H,21,22). The summed E-state index contributed by atoms with van der Waals surface area (Å²) in [6, 6.07) is 7.34. The second kappa shape index (κ2) is 6.58. The van der Waals surface area contributed by atoms with Gasteiger partial charge in [-0.2, -0.15) is 0 Å². The zero-order chi connectivity index (χ0) is 16.7. The van der Waals surface area contributed by atoms with Crippen LogP contribution in [0.4, 0.5) is 5.69 Å². The third-order valence-electron chi connectivity index (χ3n) is 4.63.